The molecule has 2 N–H and O–H groups in total. The quantitative estimate of drug-likeness (QED) is 0.386. The number of halogens is 1. The zero-order valence-electron chi connectivity index (χ0n) is 18.4. The second-order valence-corrected chi connectivity index (χ2v) is 8.85. The fraction of sp³-hybridized carbons (Fsp3) is 0.185. The van der Waals surface area contributed by atoms with Crippen LogP contribution >= 0.6 is 11.6 Å². The fourth-order valence-corrected chi connectivity index (χ4v) is 4.34. The van der Waals surface area contributed by atoms with Crippen molar-refractivity contribution >= 4 is 29.0 Å². The van der Waals surface area contributed by atoms with Crippen molar-refractivity contribution in [3.05, 3.63) is 101 Å². The number of hydrogen-bond donors (Lipinski definition) is 2. The summed E-state index contributed by atoms with van der Waals surface area (Å²) in [5, 5.41) is 14.5. The lowest BCUT2D eigenvalue weighted by atomic mass is 9.84. The maximum Gasteiger partial charge on any atom is 0.291 e. The summed E-state index contributed by atoms with van der Waals surface area (Å²) < 4.78 is 5.71. The Kier molecular flexibility index (Phi) is 6.09. The summed E-state index contributed by atoms with van der Waals surface area (Å²) in [4.78, 5) is 19.3. The highest BCUT2D eigenvalue weighted by atomic mass is 35.5. The molecule has 0 atom stereocenters. The lowest BCUT2D eigenvalue weighted by Gasteiger charge is -2.39. The second-order valence-electron chi connectivity index (χ2n) is 8.41. The van der Waals surface area contributed by atoms with Gasteiger partial charge in [0, 0.05) is 23.7 Å². The largest absolute Gasteiger partial charge is 0.451 e. The molecule has 0 unspecified atom stereocenters. The van der Waals surface area contributed by atoms with E-state index < -0.39 is 5.60 Å². The number of pyridine rings is 1. The maximum atomic E-state index is 12.6. The monoisotopic (exact) mass is 473 g/mol. The standard InChI is InChI=1S/C27H24ClN3O3/c28-21-8-6-19(7-9-21)23-11-12-24(34-23)26(32)30-22-10-13-25(29-18-22)31-16-14-27(33,15-17-31)20-4-2-1-3-5-20/h1-13,18,33H,14-17H2,(H,30,32). The van der Waals surface area contributed by atoms with Crippen molar-refractivity contribution in [3.8, 4) is 11.3 Å². The number of anilines is 2. The Morgan fingerprint density at radius 3 is 2.38 bits per heavy atom. The van der Waals surface area contributed by atoms with Gasteiger partial charge in [-0.15, -0.1) is 0 Å². The van der Waals surface area contributed by atoms with Gasteiger partial charge in [-0.05, 0) is 66.9 Å². The van der Waals surface area contributed by atoms with Crippen molar-refractivity contribution in [2.75, 3.05) is 23.3 Å². The lowest BCUT2D eigenvalue weighted by Crippen LogP contribution is -2.42. The molecule has 7 heteroatoms. The van der Waals surface area contributed by atoms with Crippen molar-refractivity contribution < 1.29 is 14.3 Å². The third-order valence-corrected chi connectivity index (χ3v) is 6.44. The van der Waals surface area contributed by atoms with Crippen LogP contribution in [-0.2, 0) is 5.60 Å². The minimum Gasteiger partial charge on any atom is -0.451 e. The Balaban J connectivity index is 1.20. The van der Waals surface area contributed by atoms with Gasteiger partial charge in [0.15, 0.2) is 5.76 Å². The highest BCUT2D eigenvalue weighted by molar-refractivity contribution is 6.30. The van der Waals surface area contributed by atoms with Gasteiger partial charge >= 0.3 is 0 Å². The van der Waals surface area contributed by atoms with Crippen molar-refractivity contribution in [1.29, 1.82) is 0 Å². The number of hydrogen-bond acceptors (Lipinski definition) is 5. The SMILES string of the molecule is O=C(Nc1ccc(N2CCC(O)(c3ccccc3)CC2)nc1)c1ccc(-c2ccc(Cl)cc2)o1. The molecule has 172 valence electrons. The predicted molar refractivity (Wildman–Crippen MR) is 133 cm³/mol. The highest BCUT2D eigenvalue weighted by Crippen LogP contribution is 2.34. The van der Waals surface area contributed by atoms with E-state index in [0.29, 0.717) is 42.4 Å². The molecular formula is C27H24ClN3O3. The Morgan fingerprint density at radius 2 is 1.71 bits per heavy atom. The number of carbonyl (C=O) groups is 1. The molecule has 6 nitrogen and oxygen atoms in total. The number of rotatable bonds is 5. The number of benzene rings is 2. The molecule has 1 saturated heterocycles. The summed E-state index contributed by atoms with van der Waals surface area (Å²) in [6, 6.07) is 24.1. The first-order valence-corrected chi connectivity index (χ1v) is 11.5. The van der Waals surface area contributed by atoms with Gasteiger partial charge < -0.3 is 19.7 Å². The van der Waals surface area contributed by atoms with Gasteiger partial charge in [0.25, 0.3) is 5.91 Å². The van der Waals surface area contributed by atoms with E-state index in [4.69, 9.17) is 16.0 Å². The fourth-order valence-electron chi connectivity index (χ4n) is 4.21. The zero-order valence-corrected chi connectivity index (χ0v) is 19.2. The molecule has 2 aromatic carbocycles. The number of aliphatic hydroxyl groups is 1. The minimum atomic E-state index is -0.806. The highest BCUT2D eigenvalue weighted by Gasteiger charge is 2.34. The molecule has 1 aliphatic rings. The zero-order chi connectivity index (χ0) is 23.5. The van der Waals surface area contributed by atoms with Crippen molar-refractivity contribution in [2.45, 2.75) is 18.4 Å². The molecule has 0 aliphatic carbocycles. The smallest absolute Gasteiger partial charge is 0.291 e. The number of furan rings is 1. The van der Waals surface area contributed by atoms with E-state index in [9.17, 15) is 9.90 Å². The van der Waals surface area contributed by atoms with E-state index in [2.05, 4.69) is 15.2 Å². The van der Waals surface area contributed by atoms with Crippen LogP contribution in [0, 0.1) is 0 Å². The molecule has 0 radical (unpaired) electrons. The average Bonchev–Trinajstić information content (AvgIpc) is 3.37. The van der Waals surface area contributed by atoms with E-state index in [-0.39, 0.29) is 11.7 Å². The van der Waals surface area contributed by atoms with E-state index >= 15 is 0 Å². The molecule has 1 amide bonds. The van der Waals surface area contributed by atoms with Crippen molar-refractivity contribution in [3.63, 3.8) is 0 Å². The predicted octanol–water partition coefficient (Wildman–Crippen LogP) is 5.74. The first kappa shape index (κ1) is 22.2. The molecule has 1 aliphatic heterocycles. The van der Waals surface area contributed by atoms with Gasteiger partial charge in [-0.25, -0.2) is 4.98 Å². The molecule has 0 bridgehead atoms. The van der Waals surface area contributed by atoms with Gasteiger partial charge in [-0.1, -0.05) is 41.9 Å². The lowest BCUT2D eigenvalue weighted by molar-refractivity contribution is 0.0116. The number of piperidine rings is 1. The first-order valence-electron chi connectivity index (χ1n) is 11.2. The van der Waals surface area contributed by atoms with Gasteiger partial charge in [-0.3, -0.25) is 4.79 Å². The molecule has 0 saturated carbocycles. The summed E-state index contributed by atoms with van der Waals surface area (Å²) in [6.45, 7) is 1.40. The summed E-state index contributed by atoms with van der Waals surface area (Å²) >= 11 is 5.93. The summed E-state index contributed by atoms with van der Waals surface area (Å²) in [5.41, 5.74) is 1.57. The average molecular weight is 474 g/mol. The summed E-state index contributed by atoms with van der Waals surface area (Å²) in [5.74, 6) is 1.28. The van der Waals surface area contributed by atoms with Crippen LogP contribution in [0.1, 0.15) is 29.0 Å². The molecule has 0 spiro atoms. The van der Waals surface area contributed by atoms with Crippen LogP contribution in [0.3, 0.4) is 0 Å². The molecule has 2 aromatic heterocycles. The molecule has 4 aromatic rings. The van der Waals surface area contributed by atoms with Crippen LogP contribution in [0.25, 0.3) is 11.3 Å². The van der Waals surface area contributed by atoms with Crippen LogP contribution in [0.2, 0.25) is 5.02 Å². The van der Waals surface area contributed by atoms with Gasteiger partial charge in [-0.2, -0.15) is 0 Å². The Hall–Kier alpha value is -3.61. The van der Waals surface area contributed by atoms with E-state index in [1.807, 2.05) is 54.6 Å². The van der Waals surface area contributed by atoms with Gasteiger partial charge in [0.05, 0.1) is 17.5 Å². The Bertz CT molecular complexity index is 1260. The molecule has 34 heavy (non-hydrogen) atoms. The number of nitrogens with zero attached hydrogens (tertiary/aromatic N) is 2. The van der Waals surface area contributed by atoms with Gasteiger partial charge in [0.2, 0.25) is 0 Å². The molecule has 3 heterocycles. The van der Waals surface area contributed by atoms with Crippen LogP contribution < -0.4 is 10.2 Å². The van der Waals surface area contributed by atoms with E-state index in [1.165, 1.54) is 0 Å². The Morgan fingerprint density at radius 1 is 0.971 bits per heavy atom. The minimum absolute atomic E-state index is 0.213. The normalized spacial score (nSPS) is 15.2. The first-order chi connectivity index (χ1) is 16.5. The third kappa shape index (κ3) is 4.69. The number of nitrogens with one attached hydrogen (secondary N) is 1. The molecular weight excluding hydrogens is 450 g/mol. The Labute approximate surface area is 202 Å². The third-order valence-electron chi connectivity index (χ3n) is 6.19. The topological polar surface area (TPSA) is 78.6 Å². The van der Waals surface area contributed by atoms with E-state index in [0.717, 1.165) is 16.9 Å². The van der Waals surface area contributed by atoms with Crippen LogP contribution in [0.15, 0.2) is 89.5 Å². The molecule has 5 rings (SSSR count). The van der Waals surface area contributed by atoms with E-state index in [1.54, 1.807) is 30.5 Å². The summed E-state index contributed by atoms with van der Waals surface area (Å²) in [6.07, 6.45) is 2.89. The maximum absolute atomic E-state index is 12.6. The number of aromatic nitrogens is 1. The summed E-state index contributed by atoms with van der Waals surface area (Å²) in [7, 11) is 0. The van der Waals surface area contributed by atoms with Crippen LogP contribution in [0.5, 0.6) is 0 Å². The van der Waals surface area contributed by atoms with Crippen LogP contribution in [-0.4, -0.2) is 29.1 Å². The second kappa shape index (κ2) is 9.33. The number of amides is 1. The van der Waals surface area contributed by atoms with Crippen LogP contribution in [0.4, 0.5) is 11.5 Å². The van der Waals surface area contributed by atoms with Crippen molar-refractivity contribution in [1.82, 2.24) is 4.98 Å². The molecule has 1 fully saturated rings. The van der Waals surface area contributed by atoms with Gasteiger partial charge in [0.1, 0.15) is 11.6 Å². The number of carbonyl (C=O) groups excluding carboxylic acids is 1. The van der Waals surface area contributed by atoms with Crippen molar-refractivity contribution in [2.24, 2.45) is 0 Å².